The topological polar surface area (TPSA) is 81.5 Å². The fourth-order valence-electron chi connectivity index (χ4n) is 1.75. The molecule has 0 aliphatic carbocycles. The number of methoxy groups -OCH3 is 1. The summed E-state index contributed by atoms with van der Waals surface area (Å²) in [6, 6.07) is 6.48. The predicted molar refractivity (Wildman–Crippen MR) is 74.0 cm³/mol. The summed E-state index contributed by atoms with van der Waals surface area (Å²) < 4.78 is 30.7. The molecule has 0 aliphatic heterocycles. The standard InChI is InChI=1S/C14H10F2N2O4/c1-22-13-5-2-8(6-12(13)18(20)21)14(19)17-9-3-4-10(15)11(16)7-9/h2-7H,1H3,(H,17,19). The van der Waals surface area contributed by atoms with Gasteiger partial charge in [0.25, 0.3) is 5.91 Å². The number of anilines is 1. The Balaban J connectivity index is 2.27. The van der Waals surface area contributed by atoms with Crippen molar-refractivity contribution in [1.29, 1.82) is 0 Å². The number of halogens is 2. The van der Waals surface area contributed by atoms with Crippen LogP contribution in [0.3, 0.4) is 0 Å². The first kappa shape index (κ1) is 15.4. The average molecular weight is 308 g/mol. The summed E-state index contributed by atoms with van der Waals surface area (Å²) in [4.78, 5) is 22.2. The monoisotopic (exact) mass is 308 g/mol. The molecule has 0 bridgehead atoms. The van der Waals surface area contributed by atoms with E-state index in [1.807, 2.05) is 0 Å². The van der Waals surface area contributed by atoms with Crippen molar-refractivity contribution in [2.45, 2.75) is 0 Å². The molecule has 0 saturated carbocycles. The van der Waals surface area contributed by atoms with Crippen LogP contribution in [0.15, 0.2) is 36.4 Å². The van der Waals surface area contributed by atoms with E-state index in [1.54, 1.807) is 0 Å². The zero-order chi connectivity index (χ0) is 16.3. The lowest BCUT2D eigenvalue weighted by Crippen LogP contribution is -2.12. The second-order valence-corrected chi connectivity index (χ2v) is 4.23. The summed E-state index contributed by atoms with van der Waals surface area (Å²) >= 11 is 0. The Bertz CT molecular complexity index is 750. The molecule has 8 heteroatoms. The van der Waals surface area contributed by atoms with Gasteiger partial charge in [0.15, 0.2) is 17.4 Å². The first-order valence-electron chi connectivity index (χ1n) is 6.01. The van der Waals surface area contributed by atoms with Crippen molar-refractivity contribution in [3.63, 3.8) is 0 Å². The Labute approximate surface area is 123 Å². The Morgan fingerprint density at radius 1 is 1.18 bits per heavy atom. The molecule has 6 nitrogen and oxygen atoms in total. The maximum atomic E-state index is 13.1. The van der Waals surface area contributed by atoms with Crippen LogP contribution in [-0.2, 0) is 0 Å². The first-order valence-corrected chi connectivity index (χ1v) is 6.01. The highest BCUT2D eigenvalue weighted by Crippen LogP contribution is 2.27. The molecule has 0 fully saturated rings. The number of nitro groups is 1. The molecule has 0 unspecified atom stereocenters. The van der Waals surface area contributed by atoms with E-state index in [0.29, 0.717) is 0 Å². The largest absolute Gasteiger partial charge is 0.490 e. The van der Waals surface area contributed by atoms with Crippen LogP contribution >= 0.6 is 0 Å². The number of ether oxygens (including phenoxy) is 1. The molecular weight excluding hydrogens is 298 g/mol. The number of nitro benzene ring substituents is 1. The van der Waals surface area contributed by atoms with Gasteiger partial charge in [-0.2, -0.15) is 0 Å². The van der Waals surface area contributed by atoms with Gasteiger partial charge < -0.3 is 10.1 Å². The zero-order valence-electron chi connectivity index (χ0n) is 11.3. The van der Waals surface area contributed by atoms with E-state index in [1.165, 1.54) is 25.3 Å². The van der Waals surface area contributed by atoms with E-state index >= 15 is 0 Å². The molecule has 2 aromatic carbocycles. The molecule has 1 amide bonds. The van der Waals surface area contributed by atoms with Crippen molar-refractivity contribution in [2.24, 2.45) is 0 Å². The van der Waals surface area contributed by atoms with E-state index in [4.69, 9.17) is 4.74 Å². The Hall–Kier alpha value is -3.03. The number of nitrogens with zero attached hydrogens (tertiary/aromatic N) is 1. The lowest BCUT2D eigenvalue weighted by Gasteiger charge is -2.07. The molecule has 0 heterocycles. The molecule has 2 aromatic rings. The molecule has 0 aromatic heterocycles. The number of nitrogens with one attached hydrogen (secondary N) is 1. The normalized spacial score (nSPS) is 10.1. The van der Waals surface area contributed by atoms with E-state index < -0.39 is 22.5 Å². The highest BCUT2D eigenvalue weighted by molar-refractivity contribution is 6.04. The summed E-state index contributed by atoms with van der Waals surface area (Å²) in [5, 5.41) is 13.2. The number of carbonyl (C=O) groups excluding carboxylic acids is 1. The van der Waals surface area contributed by atoms with E-state index in [0.717, 1.165) is 18.2 Å². The molecule has 0 spiro atoms. The number of hydrogen-bond acceptors (Lipinski definition) is 4. The van der Waals surface area contributed by atoms with Crippen molar-refractivity contribution < 1.29 is 23.2 Å². The van der Waals surface area contributed by atoms with E-state index in [2.05, 4.69) is 5.32 Å². The van der Waals surface area contributed by atoms with Crippen LogP contribution in [0.4, 0.5) is 20.2 Å². The Morgan fingerprint density at radius 3 is 2.50 bits per heavy atom. The molecular formula is C14H10F2N2O4. The van der Waals surface area contributed by atoms with Crippen LogP contribution in [-0.4, -0.2) is 17.9 Å². The van der Waals surface area contributed by atoms with E-state index in [-0.39, 0.29) is 22.7 Å². The molecule has 0 saturated heterocycles. The fraction of sp³-hybridized carbons (Fsp3) is 0.0714. The van der Waals surface area contributed by atoms with Crippen LogP contribution in [0.2, 0.25) is 0 Å². The molecule has 22 heavy (non-hydrogen) atoms. The van der Waals surface area contributed by atoms with Gasteiger partial charge in [-0.15, -0.1) is 0 Å². The van der Waals surface area contributed by atoms with Gasteiger partial charge in [0.05, 0.1) is 12.0 Å². The third-order valence-electron chi connectivity index (χ3n) is 2.82. The predicted octanol–water partition coefficient (Wildman–Crippen LogP) is 3.13. The third-order valence-corrected chi connectivity index (χ3v) is 2.82. The average Bonchev–Trinajstić information content (AvgIpc) is 2.50. The van der Waals surface area contributed by atoms with Crippen molar-refractivity contribution in [3.8, 4) is 5.75 Å². The van der Waals surface area contributed by atoms with Crippen molar-refractivity contribution in [2.75, 3.05) is 12.4 Å². The van der Waals surface area contributed by atoms with Crippen molar-refractivity contribution in [1.82, 2.24) is 0 Å². The highest BCUT2D eigenvalue weighted by Gasteiger charge is 2.18. The second kappa shape index (κ2) is 6.17. The van der Waals surface area contributed by atoms with Gasteiger partial charge in [0.2, 0.25) is 0 Å². The zero-order valence-corrected chi connectivity index (χ0v) is 11.3. The van der Waals surface area contributed by atoms with Crippen molar-refractivity contribution in [3.05, 3.63) is 63.7 Å². The van der Waals surface area contributed by atoms with Gasteiger partial charge >= 0.3 is 5.69 Å². The van der Waals surface area contributed by atoms with Crippen LogP contribution in [0, 0.1) is 21.7 Å². The maximum Gasteiger partial charge on any atom is 0.311 e. The molecule has 0 atom stereocenters. The highest BCUT2D eigenvalue weighted by atomic mass is 19.2. The summed E-state index contributed by atoms with van der Waals surface area (Å²) in [6.45, 7) is 0. The fourth-order valence-corrected chi connectivity index (χ4v) is 1.75. The van der Waals surface area contributed by atoms with Crippen LogP contribution in [0.1, 0.15) is 10.4 Å². The maximum absolute atomic E-state index is 13.1. The minimum atomic E-state index is -1.11. The van der Waals surface area contributed by atoms with Gasteiger partial charge in [0.1, 0.15) is 0 Å². The minimum Gasteiger partial charge on any atom is -0.490 e. The number of rotatable bonds is 4. The third kappa shape index (κ3) is 3.17. The minimum absolute atomic E-state index is 0.00868. The summed E-state index contributed by atoms with van der Waals surface area (Å²) in [7, 11) is 1.27. The number of carbonyl (C=O) groups is 1. The van der Waals surface area contributed by atoms with Gasteiger partial charge in [-0.05, 0) is 24.3 Å². The molecule has 0 radical (unpaired) electrons. The number of amides is 1. The number of benzene rings is 2. The summed E-state index contributed by atoms with van der Waals surface area (Å²) in [5.74, 6) is -2.84. The second-order valence-electron chi connectivity index (χ2n) is 4.23. The smallest absolute Gasteiger partial charge is 0.311 e. The Kier molecular flexibility index (Phi) is 4.31. The van der Waals surface area contributed by atoms with E-state index in [9.17, 15) is 23.7 Å². The Morgan fingerprint density at radius 2 is 1.91 bits per heavy atom. The van der Waals surface area contributed by atoms with Gasteiger partial charge in [-0.25, -0.2) is 8.78 Å². The van der Waals surface area contributed by atoms with Crippen molar-refractivity contribution >= 4 is 17.3 Å². The van der Waals surface area contributed by atoms with Gasteiger partial charge in [0, 0.05) is 23.4 Å². The van der Waals surface area contributed by atoms with Gasteiger partial charge in [-0.1, -0.05) is 0 Å². The lowest BCUT2D eigenvalue weighted by molar-refractivity contribution is -0.385. The molecule has 1 N–H and O–H groups in total. The van der Waals surface area contributed by atoms with Crippen LogP contribution < -0.4 is 10.1 Å². The SMILES string of the molecule is COc1ccc(C(=O)Nc2ccc(F)c(F)c2)cc1[N+](=O)[O-]. The van der Waals surface area contributed by atoms with Crippen LogP contribution in [0.5, 0.6) is 5.75 Å². The molecule has 2 rings (SSSR count). The molecule has 114 valence electrons. The molecule has 0 aliphatic rings. The summed E-state index contributed by atoms with van der Waals surface area (Å²) in [6.07, 6.45) is 0. The van der Waals surface area contributed by atoms with Crippen LogP contribution in [0.25, 0.3) is 0 Å². The number of hydrogen-bond donors (Lipinski definition) is 1. The van der Waals surface area contributed by atoms with Gasteiger partial charge in [-0.3, -0.25) is 14.9 Å². The quantitative estimate of drug-likeness (QED) is 0.695. The summed E-state index contributed by atoms with van der Waals surface area (Å²) in [5.41, 5.74) is -0.361. The first-order chi connectivity index (χ1) is 10.4. The lowest BCUT2D eigenvalue weighted by atomic mass is 10.1.